The molecule has 19 heavy (non-hydrogen) atoms. The van der Waals surface area contributed by atoms with E-state index in [1.807, 2.05) is 6.92 Å². The maximum absolute atomic E-state index is 12.1. The molecular formula is C13H20N2O4. The van der Waals surface area contributed by atoms with Gasteiger partial charge in [-0.15, -0.1) is 0 Å². The van der Waals surface area contributed by atoms with Crippen molar-refractivity contribution >= 4 is 12.0 Å². The molecule has 1 aromatic heterocycles. The van der Waals surface area contributed by atoms with Crippen LogP contribution in [0, 0.1) is 0 Å². The fourth-order valence-electron chi connectivity index (χ4n) is 1.71. The van der Waals surface area contributed by atoms with Crippen LogP contribution in [0.5, 0.6) is 0 Å². The van der Waals surface area contributed by atoms with Crippen molar-refractivity contribution in [2.75, 3.05) is 6.54 Å². The lowest BCUT2D eigenvalue weighted by molar-refractivity contribution is -0.138. The zero-order valence-corrected chi connectivity index (χ0v) is 11.5. The van der Waals surface area contributed by atoms with Gasteiger partial charge in [-0.2, -0.15) is 0 Å². The Labute approximate surface area is 112 Å². The zero-order valence-electron chi connectivity index (χ0n) is 11.5. The van der Waals surface area contributed by atoms with Crippen molar-refractivity contribution in [2.24, 2.45) is 0 Å². The molecule has 0 bridgehead atoms. The minimum Gasteiger partial charge on any atom is -0.481 e. The maximum Gasteiger partial charge on any atom is 0.318 e. The second kappa shape index (κ2) is 6.26. The molecule has 1 aromatic rings. The van der Waals surface area contributed by atoms with Crippen LogP contribution in [0.1, 0.15) is 33.0 Å². The van der Waals surface area contributed by atoms with Gasteiger partial charge in [0.25, 0.3) is 0 Å². The molecule has 106 valence electrons. The Balaban J connectivity index is 2.61. The summed E-state index contributed by atoms with van der Waals surface area (Å²) in [5.74, 6) is -0.257. The van der Waals surface area contributed by atoms with Crippen molar-refractivity contribution in [3.05, 3.63) is 24.2 Å². The van der Waals surface area contributed by atoms with Gasteiger partial charge >= 0.3 is 12.0 Å². The molecule has 0 aliphatic rings. The van der Waals surface area contributed by atoms with Crippen LogP contribution < -0.4 is 5.32 Å². The van der Waals surface area contributed by atoms with Crippen LogP contribution in [0.3, 0.4) is 0 Å². The number of aliphatic carboxylic acids is 1. The third-order valence-electron chi connectivity index (χ3n) is 2.63. The number of carboxylic acids is 1. The highest BCUT2D eigenvalue weighted by Gasteiger charge is 2.26. The fraction of sp³-hybridized carbons (Fsp3) is 0.538. The second-order valence-corrected chi connectivity index (χ2v) is 4.98. The number of hydrogen-bond donors (Lipinski definition) is 2. The van der Waals surface area contributed by atoms with Crippen molar-refractivity contribution in [1.82, 2.24) is 10.2 Å². The molecule has 1 heterocycles. The predicted octanol–water partition coefficient (Wildman–Crippen LogP) is 2.06. The molecule has 6 nitrogen and oxygen atoms in total. The van der Waals surface area contributed by atoms with Crippen molar-refractivity contribution < 1.29 is 19.1 Å². The van der Waals surface area contributed by atoms with Gasteiger partial charge in [-0.1, -0.05) is 0 Å². The summed E-state index contributed by atoms with van der Waals surface area (Å²) in [6, 6.07) is 3.25. The predicted molar refractivity (Wildman–Crippen MR) is 69.7 cm³/mol. The van der Waals surface area contributed by atoms with E-state index in [0.29, 0.717) is 18.8 Å². The quantitative estimate of drug-likeness (QED) is 0.827. The molecule has 0 radical (unpaired) electrons. The summed E-state index contributed by atoms with van der Waals surface area (Å²) in [5.41, 5.74) is -0.792. The normalized spacial score (nSPS) is 11.1. The number of furan rings is 1. The van der Waals surface area contributed by atoms with Gasteiger partial charge in [0.05, 0.1) is 19.2 Å². The van der Waals surface area contributed by atoms with Gasteiger partial charge < -0.3 is 19.7 Å². The van der Waals surface area contributed by atoms with Gasteiger partial charge in [0.1, 0.15) is 5.76 Å². The first-order chi connectivity index (χ1) is 8.84. The van der Waals surface area contributed by atoms with Gasteiger partial charge in [-0.3, -0.25) is 4.79 Å². The van der Waals surface area contributed by atoms with Crippen molar-refractivity contribution in [1.29, 1.82) is 0 Å². The van der Waals surface area contributed by atoms with Gasteiger partial charge in [-0.25, -0.2) is 4.79 Å². The number of rotatable bonds is 6. The molecule has 0 atom stereocenters. The Morgan fingerprint density at radius 1 is 1.47 bits per heavy atom. The van der Waals surface area contributed by atoms with Gasteiger partial charge in [0.2, 0.25) is 0 Å². The third kappa shape index (κ3) is 5.03. The summed E-state index contributed by atoms with van der Waals surface area (Å²) in [6.07, 6.45) is 1.42. The van der Waals surface area contributed by atoms with E-state index in [9.17, 15) is 9.59 Å². The van der Waals surface area contributed by atoms with Crippen LogP contribution in [-0.2, 0) is 11.3 Å². The van der Waals surface area contributed by atoms with Gasteiger partial charge in [0, 0.05) is 12.1 Å². The summed E-state index contributed by atoms with van der Waals surface area (Å²) >= 11 is 0. The number of carbonyl (C=O) groups excluding carboxylic acids is 1. The second-order valence-electron chi connectivity index (χ2n) is 4.98. The standard InChI is InChI=1S/C13H20N2O4/c1-4-15(9-10-6-5-7-19-10)12(18)14-13(2,3)8-11(16)17/h5-7H,4,8-9H2,1-3H3,(H,14,18)(H,16,17). The van der Waals surface area contributed by atoms with Crippen LogP contribution in [0.2, 0.25) is 0 Å². The monoisotopic (exact) mass is 268 g/mol. The van der Waals surface area contributed by atoms with E-state index in [4.69, 9.17) is 9.52 Å². The minimum absolute atomic E-state index is 0.128. The summed E-state index contributed by atoms with van der Waals surface area (Å²) in [4.78, 5) is 24.3. The molecular weight excluding hydrogens is 248 g/mol. The SMILES string of the molecule is CCN(Cc1ccco1)C(=O)NC(C)(C)CC(=O)O. The summed E-state index contributed by atoms with van der Waals surface area (Å²) in [6.45, 7) is 6.08. The minimum atomic E-state index is -0.945. The lowest BCUT2D eigenvalue weighted by atomic mass is 10.0. The highest BCUT2D eigenvalue weighted by atomic mass is 16.4. The van der Waals surface area contributed by atoms with Crippen LogP contribution in [0.4, 0.5) is 4.79 Å². The number of urea groups is 1. The Bertz CT molecular complexity index is 426. The smallest absolute Gasteiger partial charge is 0.318 e. The summed E-state index contributed by atoms with van der Waals surface area (Å²) in [7, 11) is 0. The zero-order chi connectivity index (χ0) is 14.5. The molecule has 0 fully saturated rings. The Morgan fingerprint density at radius 2 is 2.16 bits per heavy atom. The maximum atomic E-state index is 12.1. The molecule has 0 aromatic carbocycles. The van der Waals surface area contributed by atoms with Crippen LogP contribution in [-0.4, -0.2) is 34.1 Å². The third-order valence-corrected chi connectivity index (χ3v) is 2.63. The molecule has 2 N–H and O–H groups in total. The summed E-state index contributed by atoms with van der Waals surface area (Å²) in [5, 5.41) is 11.5. The van der Waals surface area contributed by atoms with E-state index < -0.39 is 11.5 Å². The van der Waals surface area contributed by atoms with E-state index in [2.05, 4.69) is 5.32 Å². The van der Waals surface area contributed by atoms with Crippen molar-refractivity contribution in [2.45, 2.75) is 39.3 Å². The fourth-order valence-corrected chi connectivity index (χ4v) is 1.71. The van der Waals surface area contributed by atoms with E-state index in [-0.39, 0.29) is 12.5 Å². The van der Waals surface area contributed by atoms with Crippen molar-refractivity contribution in [3.63, 3.8) is 0 Å². The topological polar surface area (TPSA) is 82.8 Å². The molecule has 2 amide bonds. The lowest BCUT2D eigenvalue weighted by Gasteiger charge is -2.29. The molecule has 0 saturated heterocycles. The Morgan fingerprint density at radius 3 is 2.63 bits per heavy atom. The highest BCUT2D eigenvalue weighted by Crippen LogP contribution is 2.11. The molecule has 0 unspecified atom stereocenters. The molecule has 0 saturated carbocycles. The number of amides is 2. The first kappa shape index (κ1) is 15.1. The van der Waals surface area contributed by atoms with Gasteiger partial charge in [-0.05, 0) is 32.9 Å². The molecule has 0 aliphatic heterocycles. The lowest BCUT2D eigenvalue weighted by Crippen LogP contribution is -2.50. The van der Waals surface area contributed by atoms with E-state index in [0.717, 1.165) is 0 Å². The molecule has 0 spiro atoms. The Hall–Kier alpha value is -1.98. The molecule has 1 rings (SSSR count). The molecule has 6 heteroatoms. The first-order valence-electron chi connectivity index (χ1n) is 6.15. The average molecular weight is 268 g/mol. The van der Waals surface area contributed by atoms with E-state index in [1.165, 1.54) is 0 Å². The van der Waals surface area contributed by atoms with Crippen LogP contribution in [0.15, 0.2) is 22.8 Å². The number of nitrogens with zero attached hydrogens (tertiary/aromatic N) is 1. The van der Waals surface area contributed by atoms with E-state index in [1.54, 1.807) is 37.1 Å². The number of hydrogen-bond acceptors (Lipinski definition) is 3. The largest absolute Gasteiger partial charge is 0.481 e. The first-order valence-corrected chi connectivity index (χ1v) is 6.15. The van der Waals surface area contributed by atoms with Crippen LogP contribution in [0.25, 0.3) is 0 Å². The molecule has 0 aliphatic carbocycles. The highest BCUT2D eigenvalue weighted by molar-refractivity contribution is 5.76. The average Bonchev–Trinajstić information content (AvgIpc) is 2.75. The van der Waals surface area contributed by atoms with E-state index >= 15 is 0 Å². The van der Waals surface area contributed by atoms with Crippen LogP contribution >= 0.6 is 0 Å². The number of carboxylic acid groups (broad SMARTS) is 1. The van der Waals surface area contributed by atoms with Crippen molar-refractivity contribution in [3.8, 4) is 0 Å². The number of nitrogens with one attached hydrogen (secondary N) is 1. The Kier molecular flexibility index (Phi) is 4.97. The van der Waals surface area contributed by atoms with Gasteiger partial charge in [0.15, 0.2) is 0 Å². The summed E-state index contributed by atoms with van der Waals surface area (Å²) < 4.78 is 5.19. The number of carbonyl (C=O) groups is 2.